The minimum absolute atomic E-state index is 0.00627. The fourth-order valence-corrected chi connectivity index (χ4v) is 4.47. The van der Waals surface area contributed by atoms with Crippen molar-refractivity contribution in [2.45, 2.75) is 44.7 Å². The molecule has 1 aliphatic rings. The van der Waals surface area contributed by atoms with Crippen LogP contribution in [0.4, 0.5) is 5.95 Å². The third kappa shape index (κ3) is 4.35. The summed E-state index contributed by atoms with van der Waals surface area (Å²) in [5.41, 5.74) is 4.91. The maximum Gasteiger partial charge on any atom is 0.251 e. The van der Waals surface area contributed by atoms with Crippen LogP contribution in [-0.4, -0.2) is 32.9 Å². The van der Waals surface area contributed by atoms with Crippen LogP contribution in [0.5, 0.6) is 0 Å². The highest BCUT2D eigenvalue weighted by molar-refractivity contribution is 5.95. The number of aromatic nitrogens is 3. The van der Waals surface area contributed by atoms with Gasteiger partial charge in [0.2, 0.25) is 5.95 Å². The second kappa shape index (κ2) is 8.83. The van der Waals surface area contributed by atoms with Gasteiger partial charge in [-0.1, -0.05) is 35.9 Å². The second-order valence-corrected chi connectivity index (χ2v) is 8.56. The monoisotopic (exact) mass is 425 g/mol. The summed E-state index contributed by atoms with van der Waals surface area (Å²) < 4.78 is 0. The first-order valence-corrected chi connectivity index (χ1v) is 11.2. The fourth-order valence-electron chi connectivity index (χ4n) is 4.47. The lowest BCUT2D eigenvalue weighted by Gasteiger charge is -2.30. The van der Waals surface area contributed by atoms with Crippen LogP contribution in [0.3, 0.4) is 0 Å². The molecular weight excluding hydrogens is 398 g/mol. The molecule has 3 N–H and O–H groups in total. The number of amides is 1. The highest BCUT2D eigenvalue weighted by atomic mass is 16.1. The zero-order chi connectivity index (χ0) is 21.9. The number of carbonyl (C=O) groups excluding carboxylic acids is 1. The van der Waals surface area contributed by atoms with Gasteiger partial charge in [-0.25, -0.2) is 9.97 Å². The lowest BCUT2D eigenvalue weighted by atomic mass is 9.91. The van der Waals surface area contributed by atoms with Gasteiger partial charge in [0.25, 0.3) is 5.91 Å². The van der Waals surface area contributed by atoms with Crippen LogP contribution in [-0.2, 0) is 0 Å². The van der Waals surface area contributed by atoms with Gasteiger partial charge in [-0.3, -0.25) is 4.79 Å². The molecule has 1 aliphatic carbocycles. The lowest BCUT2D eigenvalue weighted by Crippen LogP contribution is -2.42. The molecule has 0 radical (unpaired) electrons. The summed E-state index contributed by atoms with van der Waals surface area (Å²) in [6, 6.07) is 18.2. The second-order valence-electron chi connectivity index (χ2n) is 8.56. The lowest BCUT2D eigenvalue weighted by molar-refractivity contribution is 0.0926. The molecule has 2 aromatic heterocycles. The fraction of sp³-hybridized carbons (Fsp3) is 0.269. The number of hydrogen-bond acceptors (Lipinski definition) is 4. The maximum absolute atomic E-state index is 12.6. The Morgan fingerprint density at radius 1 is 1.03 bits per heavy atom. The van der Waals surface area contributed by atoms with Crippen molar-refractivity contribution in [3.05, 3.63) is 78.1 Å². The molecule has 2 heterocycles. The summed E-state index contributed by atoms with van der Waals surface area (Å²) in [6.07, 6.45) is 7.74. The van der Waals surface area contributed by atoms with E-state index in [1.165, 1.54) is 0 Å². The third-order valence-corrected chi connectivity index (χ3v) is 6.18. The third-order valence-electron chi connectivity index (χ3n) is 6.18. The van der Waals surface area contributed by atoms with E-state index >= 15 is 0 Å². The smallest absolute Gasteiger partial charge is 0.251 e. The highest BCUT2D eigenvalue weighted by Gasteiger charge is 2.24. The summed E-state index contributed by atoms with van der Waals surface area (Å²) in [4.78, 5) is 25.1. The van der Waals surface area contributed by atoms with Crippen LogP contribution < -0.4 is 10.6 Å². The summed E-state index contributed by atoms with van der Waals surface area (Å²) in [5.74, 6) is 0.622. The molecule has 0 spiro atoms. The number of fused-ring (bicyclic) bond motifs is 1. The number of para-hydroxylation sites is 1. The van der Waals surface area contributed by atoms with Crippen LogP contribution in [0.1, 0.15) is 41.6 Å². The molecule has 0 unspecified atom stereocenters. The van der Waals surface area contributed by atoms with Crippen molar-refractivity contribution >= 4 is 22.8 Å². The number of aromatic amines is 1. The Bertz CT molecular complexity index is 1230. The Morgan fingerprint density at radius 3 is 2.72 bits per heavy atom. The van der Waals surface area contributed by atoms with Crippen LogP contribution in [0, 0.1) is 6.92 Å². The summed E-state index contributed by atoms with van der Waals surface area (Å²) >= 11 is 0. The molecule has 6 heteroatoms. The molecule has 1 fully saturated rings. The molecule has 32 heavy (non-hydrogen) atoms. The van der Waals surface area contributed by atoms with Gasteiger partial charge in [-0.2, -0.15) is 0 Å². The number of benzene rings is 2. The van der Waals surface area contributed by atoms with Gasteiger partial charge in [-0.15, -0.1) is 0 Å². The summed E-state index contributed by atoms with van der Waals surface area (Å²) in [6.45, 7) is 2.02. The molecule has 4 aromatic rings. The SMILES string of the molecule is Cc1ccc(C(=O)N[C@H]2CCC[C@@H](Nc3nccc(-c4c[nH]c5ccccc45)n3)C2)cc1. The van der Waals surface area contributed by atoms with Crippen LogP contribution in [0.2, 0.25) is 0 Å². The average molecular weight is 426 g/mol. The zero-order valence-electron chi connectivity index (χ0n) is 18.1. The van der Waals surface area contributed by atoms with Gasteiger partial charge < -0.3 is 15.6 Å². The molecule has 162 valence electrons. The molecule has 5 rings (SSSR count). The number of anilines is 1. The van der Waals surface area contributed by atoms with E-state index in [1.54, 1.807) is 6.20 Å². The molecule has 1 amide bonds. The Morgan fingerprint density at radius 2 is 1.84 bits per heavy atom. The molecule has 1 saturated carbocycles. The van der Waals surface area contributed by atoms with Gasteiger partial charge in [0.1, 0.15) is 0 Å². The maximum atomic E-state index is 12.6. The Labute approximate surface area is 187 Å². The standard InChI is InChI=1S/C26H27N5O/c1-17-9-11-18(12-10-17)25(32)29-19-5-4-6-20(15-19)30-26-27-14-13-24(31-26)22-16-28-23-8-3-2-7-21(22)23/h2-3,7-14,16,19-20,28H,4-6,15H2,1H3,(H,29,32)(H,27,30,31)/t19-,20+/m0/s1. The predicted molar refractivity (Wildman–Crippen MR) is 128 cm³/mol. The molecule has 0 saturated heterocycles. The molecule has 2 aromatic carbocycles. The minimum atomic E-state index is -0.00627. The van der Waals surface area contributed by atoms with Crippen molar-refractivity contribution in [3.63, 3.8) is 0 Å². The molecule has 0 aliphatic heterocycles. The van der Waals surface area contributed by atoms with Gasteiger partial charge in [0.15, 0.2) is 0 Å². The van der Waals surface area contributed by atoms with Crippen molar-refractivity contribution in [1.82, 2.24) is 20.3 Å². The van der Waals surface area contributed by atoms with E-state index in [2.05, 4.69) is 32.7 Å². The van der Waals surface area contributed by atoms with Crippen molar-refractivity contribution < 1.29 is 4.79 Å². The Balaban J connectivity index is 1.26. The van der Waals surface area contributed by atoms with Crippen molar-refractivity contribution in [2.75, 3.05) is 5.32 Å². The quantitative estimate of drug-likeness (QED) is 0.416. The van der Waals surface area contributed by atoms with Gasteiger partial charge >= 0.3 is 0 Å². The van der Waals surface area contributed by atoms with E-state index in [0.29, 0.717) is 11.5 Å². The highest BCUT2D eigenvalue weighted by Crippen LogP contribution is 2.28. The normalized spacial score (nSPS) is 18.4. The minimum Gasteiger partial charge on any atom is -0.360 e. The van der Waals surface area contributed by atoms with Crippen molar-refractivity contribution in [2.24, 2.45) is 0 Å². The van der Waals surface area contributed by atoms with Crippen LogP contribution in [0.25, 0.3) is 22.2 Å². The number of nitrogens with one attached hydrogen (secondary N) is 3. The molecule has 6 nitrogen and oxygen atoms in total. The van der Waals surface area contributed by atoms with Gasteiger partial charge in [0.05, 0.1) is 5.69 Å². The van der Waals surface area contributed by atoms with Gasteiger partial charge in [-0.05, 0) is 56.9 Å². The zero-order valence-corrected chi connectivity index (χ0v) is 18.1. The van der Waals surface area contributed by atoms with E-state index in [0.717, 1.165) is 53.4 Å². The average Bonchev–Trinajstić information content (AvgIpc) is 3.24. The molecule has 0 bridgehead atoms. The number of rotatable bonds is 5. The van der Waals surface area contributed by atoms with E-state index in [1.807, 2.05) is 55.6 Å². The number of nitrogens with zero attached hydrogens (tertiary/aromatic N) is 2. The van der Waals surface area contributed by atoms with Gasteiger partial charge in [0, 0.05) is 46.5 Å². The first-order valence-electron chi connectivity index (χ1n) is 11.2. The van der Waals surface area contributed by atoms with Crippen molar-refractivity contribution in [1.29, 1.82) is 0 Å². The largest absolute Gasteiger partial charge is 0.360 e. The van der Waals surface area contributed by atoms with E-state index in [-0.39, 0.29) is 18.0 Å². The number of carbonyl (C=O) groups is 1. The molecule has 2 atom stereocenters. The first kappa shape index (κ1) is 20.2. The topological polar surface area (TPSA) is 82.7 Å². The number of aryl methyl sites for hydroxylation is 1. The predicted octanol–water partition coefficient (Wildman–Crippen LogP) is 5.09. The Kier molecular flexibility index (Phi) is 5.58. The van der Waals surface area contributed by atoms with Crippen molar-refractivity contribution in [3.8, 4) is 11.3 Å². The Hall–Kier alpha value is -3.67. The van der Waals surface area contributed by atoms with Crippen LogP contribution >= 0.6 is 0 Å². The number of hydrogen-bond donors (Lipinski definition) is 3. The first-order chi connectivity index (χ1) is 15.7. The summed E-state index contributed by atoms with van der Waals surface area (Å²) in [5, 5.41) is 7.85. The molecular formula is C26H27N5O. The van der Waals surface area contributed by atoms with Crippen LogP contribution in [0.15, 0.2) is 67.0 Å². The van der Waals surface area contributed by atoms with E-state index in [4.69, 9.17) is 4.98 Å². The number of H-pyrrole nitrogens is 1. The van der Waals surface area contributed by atoms with E-state index in [9.17, 15) is 4.79 Å². The summed E-state index contributed by atoms with van der Waals surface area (Å²) in [7, 11) is 0. The van der Waals surface area contributed by atoms with E-state index < -0.39 is 0 Å².